The van der Waals surface area contributed by atoms with Crippen molar-refractivity contribution in [3.05, 3.63) is 42.0 Å². The molecule has 1 amide bonds. The van der Waals surface area contributed by atoms with Crippen molar-refractivity contribution < 1.29 is 4.79 Å². The molecular weight excluding hydrogens is 298 g/mol. The molecule has 0 unspecified atom stereocenters. The van der Waals surface area contributed by atoms with Crippen LogP contribution in [-0.4, -0.2) is 15.5 Å². The molecular formula is C20H25N3O. The number of imidazole rings is 1. The van der Waals surface area contributed by atoms with Gasteiger partial charge in [-0.15, -0.1) is 0 Å². The first-order valence-corrected chi connectivity index (χ1v) is 8.45. The van der Waals surface area contributed by atoms with E-state index in [0.717, 1.165) is 16.7 Å². The van der Waals surface area contributed by atoms with Crippen LogP contribution in [0.15, 0.2) is 36.4 Å². The van der Waals surface area contributed by atoms with Crippen molar-refractivity contribution in [2.45, 2.75) is 47.0 Å². The largest absolute Gasteiger partial charge is 0.296 e. The zero-order chi connectivity index (χ0) is 17.5. The third kappa shape index (κ3) is 3.28. The van der Waals surface area contributed by atoms with E-state index < -0.39 is 0 Å². The summed E-state index contributed by atoms with van der Waals surface area (Å²) in [7, 11) is 0. The molecule has 126 valence electrons. The van der Waals surface area contributed by atoms with Crippen LogP contribution in [0, 0.1) is 5.41 Å². The summed E-state index contributed by atoms with van der Waals surface area (Å²) in [5.74, 6) is 1.03. The number of nitrogens with zero attached hydrogens (tertiary/aromatic N) is 2. The number of allylic oxidation sites excluding steroid dienone is 4. The molecule has 4 nitrogen and oxygen atoms in total. The summed E-state index contributed by atoms with van der Waals surface area (Å²) in [5.41, 5.74) is 4.18. The molecule has 0 saturated heterocycles. The van der Waals surface area contributed by atoms with Gasteiger partial charge in [-0.3, -0.25) is 14.7 Å². The highest BCUT2D eigenvalue weighted by atomic mass is 16.1. The highest BCUT2D eigenvalue weighted by Gasteiger charge is 2.20. The monoisotopic (exact) mass is 323 g/mol. The van der Waals surface area contributed by atoms with E-state index in [4.69, 9.17) is 0 Å². The summed E-state index contributed by atoms with van der Waals surface area (Å²) < 4.78 is 2.03. The standard InChI is InChI=1S/C20H25N3O/c1-13(2)14-9-10-16-17(11-14)23(15-7-6-8-15)19(21-16)22-18(24)12-20(3,4)5/h6-11,13H,12H2,1-5H3,(H,21,22,24). The van der Waals surface area contributed by atoms with Gasteiger partial charge in [0.25, 0.3) is 0 Å². The second-order valence-corrected chi connectivity index (χ2v) is 7.91. The van der Waals surface area contributed by atoms with E-state index >= 15 is 0 Å². The van der Waals surface area contributed by atoms with Gasteiger partial charge in [-0.05, 0) is 41.2 Å². The minimum absolute atomic E-state index is 0.00737. The second kappa shape index (κ2) is 5.93. The van der Waals surface area contributed by atoms with Crippen LogP contribution in [0.4, 0.5) is 5.95 Å². The Labute approximate surface area is 143 Å². The number of carbonyl (C=O) groups excluding carboxylic acids is 1. The molecule has 1 N–H and O–H groups in total. The molecule has 0 aliphatic heterocycles. The molecule has 3 rings (SSSR count). The van der Waals surface area contributed by atoms with Crippen LogP contribution in [-0.2, 0) is 4.79 Å². The van der Waals surface area contributed by atoms with Gasteiger partial charge >= 0.3 is 0 Å². The highest BCUT2D eigenvalue weighted by Crippen LogP contribution is 2.30. The Morgan fingerprint density at radius 1 is 1.29 bits per heavy atom. The van der Waals surface area contributed by atoms with Crippen molar-refractivity contribution in [1.82, 2.24) is 9.55 Å². The smallest absolute Gasteiger partial charge is 0.227 e. The summed E-state index contributed by atoms with van der Waals surface area (Å²) >= 11 is 0. The first-order chi connectivity index (χ1) is 11.2. The fourth-order valence-corrected chi connectivity index (χ4v) is 2.78. The average molecular weight is 323 g/mol. The van der Waals surface area contributed by atoms with Gasteiger partial charge in [0.1, 0.15) is 0 Å². The number of hydrogen-bond acceptors (Lipinski definition) is 2. The molecule has 24 heavy (non-hydrogen) atoms. The van der Waals surface area contributed by atoms with Gasteiger partial charge in [0.2, 0.25) is 11.9 Å². The SMILES string of the molecule is CC(C)c1ccc2nc(NC(=O)CC(C)(C)C)n(C3=CC=C3)c2c1. The lowest BCUT2D eigenvalue weighted by atomic mass is 9.92. The Balaban J connectivity index is 2.02. The molecule has 1 heterocycles. The molecule has 0 saturated carbocycles. The molecule has 0 atom stereocenters. The van der Waals surface area contributed by atoms with E-state index in [1.807, 2.05) is 28.9 Å². The van der Waals surface area contributed by atoms with Gasteiger partial charge in [-0.2, -0.15) is 0 Å². The Hall–Kier alpha value is -2.36. The molecule has 4 heteroatoms. The van der Waals surface area contributed by atoms with Crippen LogP contribution in [0.5, 0.6) is 0 Å². The topological polar surface area (TPSA) is 46.9 Å². The maximum absolute atomic E-state index is 12.4. The number of hydrogen-bond donors (Lipinski definition) is 1. The third-order valence-corrected chi connectivity index (χ3v) is 4.08. The zero-order valence-electron chi connectivity index (χ0n) is 15.1. The Morgan fingerprint density at radius 2 is 2.00 bits per heavy atom. The quantitative estimate of drug-likeness (QED) is 0.866. The Morgan fingerprint density at radius 3 is 2.54 bits per heavy atom. The van der Waals surface area contributed by atoms with Gasteiger partial charge < -0.3 is 0 Å². The normalized spacial score (nSPS) is 14.0. The first-order valence-electron chi connectivity index (χ1n) is 8.45. The van der Waals surface area contributed by atoms with Crippen molar-refractivity contribution in [2.24, 2.45) is 5.41 Å². The van der Waals surface area contributed by atoms with Gasteiger partial charge in [0.05, 0.1) is 11.0 Å². The Bertz CT molecular complexity index is 848. The summed E-state index contributed by atoms with van der Waals surface area (Å²) in [4.78, 5) is 17.0. The minimum Gasteiger partial charge on any atom is -0.296 e. The highest BCUT2D eigenvalue weighted by molar-refractivity contribution is 5.94. The van der Waals surface area contributed by atoms with Crippen LogP contribution in [0.2, 0.25) is 0 Å². The Kier molecular flexibility index (Phi) is 4.08. The van der Waals surface area contributed by atoms with Crippen molar-refractivity contribution in [1.29, 1.82) is 0 Å². The predicted octanol–water partition coefficient (Wildman–Crippen LogP) is 4.95. The molecule has 0 fully saturated rings. The molecule has 1 aromatic carbocycles. The van der Waals surface area contributed by atoms with E-state index in [9.17, 15) is 4.79 Å². The van der Waals surface area contributed by atoms with Crippen molar-refractivity contribution in [3.63, 3.8) is 0 Å². The first kappa shape index (κ1) is 16.5. The zero-order valence-corrected chi connectivity index (χ0v) is 15.1. The predicted molar refractivity (Wildman–Crippen MR) is 99.9 cm³/mol. The molecule has 1 aliphatic rings. The number of anilines is 1. The fraction of sp³-hybridized carbons (Fsp3) is 0.400. The maximum atomic E-state index is 12.4. The van der Waals surface area contributed by atoms with E-state index in [0.29, 0.717) is 18.3 Å². The van der Waals surface area contributed by atoms with Crippen molar-refractivity contribution in [2.75, 3.05) is 5.32 Å². The number of aromatic nitrogens is 2. The summed E-state index contributed by atoms with van der Waals surface area (Å²) in [6, 6.07) is 6.30. The van der Waals surface area contributed by atoms with E-state index in [1.165, 1.54) is 5.56 Å². The molecule has 0 spiro atoms. The second-order valence-electron chi connectivity index (χ2n) is 7.91. The van der Waals surface area contributed by atoms with E-state index in [-0.39, 0.29) is 11.3 Å². The summed E-state index contributed by atoms with van der Waals surface area (Å²) in [5, 5.41) is 2.99. The molecule has 2 aromatic rings. The van der Waals surface area contributed by atoms with Crippen molar-refractivity contribution >= 4 is 28.6 Å². The fourth-order valence-electron chi connectivity index (χ4n) is 2.78. The molecule has 1 aromatic heterocycles. The van der Waals surface area contributed by atoms with Crippen LogP contribution in [0.25, 0.3) is 16.7 Å². The number of amides is 1. The van der Waals surface area contributed by atoms with Crippen LogP contribution in [0.3, 0.4) is 0 Å². The van der Waals surface area contributed by atoms with Gasteiger partial charge in [-0.25, -0.2) is 4.98 Å². The average Bonchev–Trinajstić information content (AvgIpc) is 2.72. The lowest BCUT2D eigenvalue weighted by Gasteiger charge is -2.18. The molecule has 0 radical (unpaired) electrons. The van der Waals surface area contributed by atoms with E-state index in [1.54, 1.807) is 0 Å². The lowest BCUT2D eigenvalue weighted by molar-refractivity contribution is -0.117. The number of fused-ring (bicyclic) bond motifs is 1. The number of rotatable bonds is 4. The van der Waals surface area contributed by atoms with Gasteiger partial charge in [0.15, 0.2) is 0 Å². The van der Waals surface area contributed by atoms with E-state index in [2.05, 4.69) is 57.1 Å². The summed E-state index contributed by atoms with van der Waals surface area (Å²) in [6.07, 6.45) is 6.52. The summed E-state index contributed by atoms with van der Waals surface area (Å²) in [6.45, 7) is 10.5. The molecule has 0 bridgehead atoms. The molecule has 1 aliphatic carbocycles. The maximum Gasteiger partial charge on any atom is 0.227 e. The van der Waals surface area contributed by atoms with Crippen LogP contribution >= 0.6 is 0 Å². The lowest BCUT2D eigenvalue weighted by Crippen LogP contribution is -2.21. The minimum atomic E-state index is -0.0542. The van der Waals surface area contributed by atoms with Gasteiger partial charge in [-0.1, -0.05) is 46.8 Å². The van der Waals surface area contributed by atoms with Crippen LogP contribution < -0.4 is 5.32 Å². The third-order valence-electron chi connectivity index (χ3n) is 4.08. The number of nitrogens with one attached hydrogen (secondary N) is 1. The van der Waals surface area contributed by atoms with Gasteiger partial charge in [0, 0.05) is 12.1 Å². The van der Waals surface area contributed by atoms with Crippen molar-refractivity contribution in [3.8, 4) is 0 Å². The number of benzene rings is 1. The van der Waals surface area contributed by atoms with Crippen LogP contribution in [0.1, 0.15) is 52.5 Å². The number of carbonyl (C=O) groups is 1.